The lowest BCUT2D eigenvalue weighted by Gasteiger charge is -2.23. The number of esters is 1. The van der Waals surface area contributed by atoms with Crippen molar-refractivity contribution in [1.29, 1.82) is 0 Å². The number of aryl methyl sites for hydroxylation is 1. The highest BCUT2D eigenvalue weighted by Gasteiger charge is 2.30. The molecule has 0 aliphatic carbocycles. The van der Waals surface area contributed by atoms with E-state index in [0.717, 1.165) is 43.4 Å². The van der Waals surface area contributed by atoms with Gasteiger partial charge in [-0.3, -0.25) is 9.59 Å². The van der Waals surface area contributed by atoms with Crippen LogP contribution in [0.4, 0.5) is 0 Å². The molecule has 0 radical (unpaired) electrons. The Labute approximate surface area is 170 Å². The molecule has 150 valence electrons. The van der Waals surface area contributed by atoms with Crippen molar-refractivity contribution in [3.05, 3.63) is 71.9 Å². The molecular formula is C24H26N2O3. The molecule has 1 saturated heterocycles. The Morgan fingerprint density at radius 3 is 2.52 bits per heavy atom. The molecular weight excluding hydrogens is 364 g/mol. The van der Waals surface area contributed by atoms with Crippen LogP contribution in [0.3, 0.4) is 0 Å². The molecule has 4 rings (SSSR count). The van der Waals surface area contributed by atoms with Crippen molar-refractivity contribution in [3.8, 4) is 0 Å². The van der Waals surface area contributed by atoms with Gasteiger partial charge in [0.15, 0.2) is 0 Å². The number of hydrogen-bond donors (Lipinski definition) is 1. The molecule has 1 fully saturated rings. The average Bonchev–Trinajstić information content (AvgIpc) is 3.43. The lowest BCUT2D eigenvalue weighted by molar-refractivity contribution is -0.160. The first-order valence-electron chi connectivity index (χ1n) is 10.3. The number of hydrogen-bond acceptors (Lipinski definition) is 3. The third-order valence-electron chi connectivity index (χ3n) is 5.50. The summed E-state index contributed by atoms with van der Waals surface area (Å²) in [5.74, 6) is -0.440. The molecule has 2 heterocycles. The number of nitrogens with zero attached hydrogens (tertiary/aromatic N) is 1. The van der Waals surface area contributed by atoms with Crippen molar-refractivity contribution >= 4 is 22.8 Å². The van der Waals surface area contributed by atoms with Gasteiger partial charge in [0.25, 0.3) is 5.91 Å². The summed E-state index contributed by atoms with van der Waals surface area (Å²) in [6.07, 6.45) is 4.91. The molecule has 1 atom stereocenters. The Hall–Kier alpha value is -3.08. The van der Waals surface area contributed by atoms with Gasteiger partial charge in [-0.05, 0) is 37.3 Å². The van der Waals surface area contributed by atoms with E-state index in [4.69, 9.17) is 4.74 Å². The van der Waals surface area contributed by atoms with Crippen LogP contribution >= 0.6 is 0 Å². The zero-order chi connectivity index (χ0) is 20.1. The van der Waals surface area contributed by atoms with Crippen molar-refractivity contribution in [2.45, 2.75) is 38.2 Å². The summed E-state index contributed by atoms with van der Waals surface area (Å²) < 4.78 is 5.68. The van der Waals surface area contributed by atoms with Crippen LogP contribution in [0.15, 0.2) is 60.8 Å². The molecule has 1 amide bonds. The SMILES string of the molecule is O=C(CCCc1c[nH]c2ccccc12)O[C@H](C(=O)N1CCCC1)c1ccccc1. The van der Waals surface area contributed by atoms with E-state index in [-0.39, 0.29) is 18.3 Å². The summed E-state index contributed by atoms with van der Waals surface area (Å²) in [4.78, 5) is 30.5. The lowest BCUT2D eigenvalue weighted by atomic mass is 10.1. The Morgan fingerprint density at radius 2 is 1.72 bits per heavy atom. The predicted octanol–water partition coefficient (Wildman–Crippen LogP) is 4.40. The highest BCUT2D eigenvalue weighted by atomic mass is 16.5. The smallest absolute Gasteiger partial charge is 0.306 e. The van der Waals surface area contributed by atoms with E-state index >= 15 is 0 Å². The number of aromatic nitrogens is 1. The summed E-state index contributed by atoms with van der Waals surface area (Å²) in [7, 11) is 0. The fraction of sp³-hybridized carbons (Fsp3) is 0.333. The predicted molar refractivity (Wildman–Crippen MR) is 112 cm³/mol. The molecule has 1 aromatic heterocycles. The quantitative estimate of drug-likeness (QED) is 0.608. The number of carbonyl (C=O) groups is 2. The van der Waals surface area contributed by atoms with Crippen molar-refractivity contribution in [2.24, 2.45) is 0 Å². The molecule has 2 aromatic carbocycles. The van der Waals surface area contributed by atoms with E-state index in [1.165, 1.54) is 10.9 Å². The van der Waals surface area contributed by atoms with Gasteiger partial charge in [-0.25, -0.2) is 0 Å². The number of carbonyl (C=O) groups excluding carboxylic acids is 2. The van der Waals surface area contributed by atoms with Gasteiger partial charge >= 0.3 is 5.97 Å². The Kier molecular flexibility index (Phi) is 5.94. The molecule has 5 nitrogen and oxygen atoms in total. The third kappa shape index (κ3) is 4.50. The first kappa shape index (κ1) is 19.2. The van der Waals surface area contributed by atoms with Crippen LogP contribution in [0.5, 0.6) is 0 Å². The number of likely N-dealkylation sites (tertiary alicyclic amines) is 1. The number of aromatic amines is 1. The maximum absolute atomic E-state index is 12.9. The number of benzene rings is 2. The number of rotatable bonds is 7. The number of ether oxygens (including phenoxy) is 1. The highest BCUT2D eigenvalue weighted by molar-refractivity contribution is 5.85. The molecule has 3 aromatic rings. The molecule has 1 aliphatic heterocycles. The molecule has 1 aliphatic rings. The second-order valence-corrected chi connectivity index (χ2v) is 7.53. The van der Waals surface area contributed by atoms with E-state index in [1.807, 2.05) is 54.7 Å². The molecule has 0 saturated carbocycles. The fourth-order valence-corrected chi connectivity index (χ4v) is 3.94. The van der Waals surface area contributed by atoms with E-state index in [2.05, 4.69) is 11.1 Å². The van der Waals surface area contributed by atoms with Crippen molar-refractivity contribution in [1.82, 2.24) is 9.88 Å². The minimum atomic E-state index is -0.852. The molecule has 5 heteroatoms. The van der Waals surface area contributed by atoms with Gasteiger partial charge in [0, 0.05) is 42.2 Å². The maximum Gasteiger partial charge on any atom is 0.306 e. The fourth-order valence-electron chi connectivity index (χ4n) is 3.94. The van der Waals surface area contributed by atoms with Crippen LogP contribution in [-0.2, 0) is 20.7 Å². The van der Waals surface area contributed by atoms with Gasteiger partial charge in [0.2, 0.25) is 6.10 Å². The van der Waals surface area contributed by atoms with E-state index in [1.54, 1.807) is 4.90 Å². The van der Waals surface area contributed by atoms with Gasteiger partial charge in [0.1, 0.15) is 0 Å². The number of amides is 1. The van der Waals surface area contributed by atoms with Crippen LogP contribution in [0, 0.1) is 0 Å². The van der Waals surface area contributed by atoms with Crippen LogP contribution in [0.25, 0.3) is 10.9 Å². The topological polar surface area (TPSA) is 62.4 Å². The van der Waals surface area contributed by atoms with Crippen LogP contribution in [-0.4, -0.2) is 34.8 Å². The Morgan fingerprint density at radius 1 is 1.00 bits per heavy atom. The molecule has 0 bridgehead atoms. The zero-order valence-corrected chi connectivity index (χ0v) is 16.5. The summed E-state index contributed by atoms with van der Waals surface area (Å²) in [6, 6.07) is 17.5. The standard InChI is InChI=1S/C24H26N2O3/c27-22(14-8-11-19-17-25-21-13-5-4-12-20(19)21)29-23(18-9-2-1-3-10-18)24(28)26-15-6-7-16-26/h1-5,9-10,12-13,17,23,25H,6-8,11,14-16H2/t23-/m0/s1. The number of para-hydroxylation sites is 1. The third-order valence-corrected chi connectivity index (χ3v) is 5.50. The minimum Gasteiger partial charge on any atom is -0.447 e. The summed E-state index contributed by atoms with van der Waals surface area (Å²) in [5.41, 5.74) is 3.03. The van der Waals surface area contributed by atoms with Gasteiger partial charge < -0.3 is 14.6 Å². The van der Waals surface area contributed by atoms with Crippen molar-refractivity contribution in [3.63, 3.8) is 0 Å². The normalized spacial score (nSPS) is 14.8. The minimum absolute atomic E-state index is 0.112. The first-order chi connectivity index (χ1) is 14.2. The van der Waals surface area contributed by atoms with Gasteiger partial charge in [-0.2, -0.15) is 0 Å². The van der Waals surface area contributed by atoms with Crippen LogP contribution in [0.1, 0.15) is 42.9 Å². The summed E-state index contributed by atoms with van der Waals surface area (Å²) >= 11 is 0. The van der Waals surface area contributed by atoms with Crippen LogP contribution < -0.4 is 0 Å². The monoisotopic (exact) mass is 390 g/mol. The van der Waals surface area contributed by atoms with Crippen LogP contribution in [0.2, 0.25) is 0 Å². The zero-order valence-electron chi connectivity index (χ0n) is 16.5. The number of H-pyrrole nitrogens is 1. The second kappa shape index (κ2) is 8.95. The first-order valence-corrected chi connectivity index (χ1v) is 10.3. The second-order valence-electron chi connectivity index (χ2n) is 7.53. The van der Waals surface area contributed by atoms with E-state index in [0.29, 0.717) is 6.42 Å². The van der Waals surface area contributed by atoms with Crippen molar-refractivity contribution in [2.75, 3.05) is 13.1 Å². The van der Waals surface area contributed by atoms with E-state index in [9.17, 15) is 9.59 Å². The average molecular weight is 390 g/mol. The van der Waals surface area contributed by atoms with Crippen molar-refractivity contribution < 1.29 is 14.3 Å². The molecule has 0 unspecified atom stereocenters. The molecule has 29 heavy (non-hydrogen) atoms. The Balaban J connectivity index is 1.38. The maximum atomic E-state index is 12.9. The number of nitrogens with one attached hydrogen (secondary N) is 1. The lowest BCUT2D eigenvalue weighted by Crippen LogP contribution is -2.34. The largest absolute Gasteiger partial charge is 0.447 e. The van der Waals surface area contributed by atoms with Gasteiger partial charge in [-0.1, -0.05) is 48.5 Å². The van der Waals surface area contributed by atoms with Gasteiger partial charge in [0.05, 0.1) is 0 Å². The van der Waals surface area contributed by atoms with E-state index < -0.39 is 6.10 Å². The molecule has 0 spiro atoms. The Bertz CT molecular complexity index is 974. The number of fused-ring (bicyclic) bond motifs is 1. The molecule has 1 N–H and O–H groups in total. The summed E-state index contributed by atoms with van der Waals surface area (Å²) in [6.45, 7) is 1.47. The highest BCUT2D eigenvalue weighted by Crippen LogP contribution is 2.24. The van der Waals surface area contributed by atoms with Gasteiger partial charge in [-0.15, -0.1) is 0 Å². The summed E-state index contributed by atoms with van der Waals surface area (Å²) in [5, 5.41) is 1.19.